The van der Waals surface area contributed by atoms with Gasteiger partial charge in [-0.15, -0.1) is 11.3 Å². The van der Waals surface area contributed by atoms with E-state index in [-0.39, 0.29) is 18.0 Å². The van der Waals surface area contributed by atoms with E-state index in [0.29, 0.717) is 43.2 Å². The van der Waals surface area contributed by atoms with Crippen LogP contribution in [0.15, 0.2) is 51.9 Å². The number of nitrogens with two attached hydrogens (primary N) is 2. The van der Waals surface area contributed by atoms with E-state index in [1.807, 2.05) is 19.9 Å². The fourth-order valence-corrected chi connectivity index (χ4v) is 5.35. The summed E-state index contributed by atoms with van der Waals surface area (Å²) in [6.07, 6.45) is 5.67. The Morgan fingerprint density at radius 3 is 2.62 bits per heavy atom. The van der Waals surface area contributed by atoms with Crippen molar-refractivity contribution in [3.8, 4) is 6.07 Å². The highest BCUT2D eigenvalue weighted by atomic mass is 35.5. The first-order chi connectivity index (χ1) is 17.8. The van der Waals surface area contributed by atoms with Gasteiger partial charge < -0.3 is 11.5 Å². The van der Waals surface area contributed by atoms with Crippen molar-refractivity contribution in [1.82, 2.24) is 10.2 Å². The van der Waals surface area contributed by atoms with Crippen LogP contribution < -0.4 is 17.0 Å². The van der Waals surface area contributed by atoms with E-state index in [2.05, 4.69) is 41.7 Å². The third kappa shape index (κ3) is 6.08. The number of fused-ring (bicyclic) bond motifs is 1. The minimum atomic E-state index is -0.301. The molecule has 7 nitrogen and oxygen atoms in total. The first kappa shape index (κ1) is 29.7. The summed E-state index contributed by atoms with van der Waals surface area (Å²) in [4.78, 5) is 18.5. The summed E-state index contributed by atoms with van der Waals surface area (Å²) in [5.74, 6) is 0.204. The minimum Gasteiger partial charge on any atom is -0.404 e. The second-order valence-corrected chi connectivity index (χ2v) is 9.34. The lowest BCUT2D eigenvalue weighted by molar-refractivity contribution is 0.746. The average molecular weight is 537 g/mol. The molecule has 0 saturated heterocycles. The lowest BCUT2D eigenvalue weighted by Gasteiger charge is -2.12. The van der Waals surface area contributed by atoms with Crippen molar-refractivity contribution in [3.05, 3.63) is 84.6 Å². The van der Waals surface area contributed by atoms with Crippen LogP contribution in [-0.4, -0.2) is 23.0 Å². The zero-order chi connectivity index (χ0) is 27.7. The number of benzene rings is 1. The monoisotopic (exact) mass is 536 g/mol. The van der Waals surface area contributed by atoms with Crippen LogP contribution in [0.2, 0.25) is 0 Å². The van der Waals surface area contributed by atoms with Crippen LogP contribution in [0.25, 0.3) is 22.4 Å². The molecule has 0 fully saturated rings. The van der Waals surface area contributed by atoms with Gasteiger partial charge in [0.25, 0.3) is 5.56 Å². The summed E-state index contributed by atoms with van der Waals surface area (Å²) in [5.41, 5.74) is 15.4. The quantitative estimate of drug-likeness (QED) is 0.238. The molecule has 0 spiro atoms. The van der Waals surface area contributed by atoms with E-state index in [9.17, 15) is 10.1 Å². The summed E-state index contributed by atoms with van der Waals surface area (Å²) in [5, 5.41) is 18.3. The maximum atomic E-state index is 12.3. The Labute approximate surface area is 226 Å². The Kier molecular flexibility index (Phi) is 11.0. The molecule has 0 amide bonds. The van der Waals surface area contributed by atoms with Crippen molar-refractivity contribution in [2.45, 2.75) is 46.6 Å². The summed E-state index contributed by atoms with van der Waals surface area (Å²) in [7, 11) is 1.66. The Morgan fingerprint density at radius 1 is 1.38 bits per heavy atom. The van der Waals surface area contributed by atoms with E-state index in [1.54, 1.807) is 31.3 Å². The van der Waals surface area contributed by atoms with Crippen LogP contribution in [0.1, 0.15) is 72.2 Å². The van der Waals surface area contributed by atoms with Gasteiger partial charge in [-0.2, -0.15) is 10.4 Å². The average Bonchev–Trinajstić information content (AvgIpc) is 3.29. The molecule has 37 heavy (non-hydrogen) atoms. The maximum Gasteiger partial charge on any atom is 0.272 e. The molecule has 3 aromatic rings. The highest BCUT2D eigenvalue weighted by molar-refractivity contribution is 7.15. The number of hydrogen-bond donors (Lipinski definition) is 3. The number of H-pyrrole nitrogens is 1. The number of nitriles is 1. The molecular formula is C28H33ClN6OS. The number of aliphatic imine (C=N–C) groups is 1. The second kappa shape index (κ2) is 13.7. The molecule has 3 rings (SSSR count). The first-order valence-electron chi connectivity index (χ1n) is 12.0. The van der Waals surface area contributed by atoms with E-state index in [1.165, 1.54) is 17.5 Å². The Bertz CT molecular complexity index is 1470. The summed E-state index contributed by atoms with van der Waals surface area (Å²) >= 11 is 7.79. The molecule has 9 heteroatoms. The highest BCUT2D eigenvalue weighted by Gasteiger charge is 2.25. The SMILES string of the molecule is C=C/C(Cl)=C\c1c(C(C)CC)sc(C(=NC)/C(=C\N)c2ccc3c(=O)[nH]nc(CN)c3c2)c1C#N.CC. The van der Waals surface area contributed by atoms with E-state index in [4.69, 9.17) is 23.1 Å². The zero-order valence-corrected chi connectivity index (χ0v) is 23.4. The van der Waals surface area contributed by atoms with Crippen molar-refractivity contribution >= 4 is 51.1 Å². The standard InChI is InChI=1S/C26H27ClN6OS.C2H6/c1-5-14(3)24-19(10-16(27)6-2)21(12-29)25(35-24)23(31-4)20(11-28)15-7-8-17-18(9-15)22(13-30)32-33-26(17)34;1-2/h6-11,14H,2,5,13,28,30H2,1,3-4H3,(H,33,34);1-2H3/b16-10+,20-11-,31-23?;. The number of thiophene rings is 1. The molecule has 1 aromatic carbocycles. The van der Waals surface area contributed by atoms with E-state index >= 15 is 0 Å². The fraction of sp³-hybridized carbons (Fsp3) is 0.286. The summed E-state index contributed by atoms with van der Waals surface area (Å²) < 4.78 is 0. The second-order valence-electron chi connectivity index (χ2n) is 7.86. The van der Waals surface area contributed by atoms with Crippen LogP contribution >= 0.6 is 22.9 Å². The number of aromatic nitrogens is 2. The number of aromatic amines is 1. The van der Waals surface area contributed by atoms with Gasteiger partial charge in [0.2, 0.25) is 0 Å². The predicted molar refractivity (Wildman–Crippen MR) is 158 cm³/mol. The molecule has 0 aliphatic carbocycles. The molecule has 0 aliphatic rings. The molecule has 0 radical (unpaired) electrons. The number of nitrogens with one attached hydrogen (secondary N) is 1. The van der Waals surface area contributed by atoms with Crippen molar-refractivity contribution in [1.29, 1.82) is 5.26 Å². The smallest absolute Gasteiger partial charge is 0.272 e. The molecule has 5 N–H and O–H groups in total. The van der Waals surface area contributed by atoms with Crippen molar-refractivity contribution in [2.75, 3.05) is 7.05 Å². The first-order valence-corrected chi connectivity index (χ1v) is 13.2. The van der Waals surface area contributed by atoms with Gasteiger partial charge >= 0.3 is 0 Å². The largest absolute Gasteiger partial charge is 0.404 e. The Hall–Kier alpha value is -3.51. The minimum absolute atomic E-state index is 0.161. The number of nitrogens with zero attached hydrogens (tertiary/aromatic N) is 3. The molecule has 0 aliphatic heterocycles. The van der Waals surface area contributed by atoms with Crippen LogP contribution in [0.3, 0.4) is 0 Å². The fourth-order valence-electron chi connectivity index (χ4n) is 3.83. The number of allylic oxidation sites excluding steroid dienone is 3. The molecule has 0 saturated carbocycles. The van der Waals surface area contributed by atoms with Gasteiger partial charge in [0, 0.05) is 46.2 Å². The Morgan fingerprint density at radius 2 is 2.08 bits per heavy atom. The van der Waals surface area contributed by atoms with Crippen molar-refractivity contribution < 1.29 is 0 Å². The predicted octanol–water partition coefficient (Wildman–Crippen LogP) is 6.04. The van der Waals surface area contributed by atoms with Gasteiger partial charge in [0.05, 0.1) is 27.2 Å². The lowest BCUT2D eigenvalue weighted by Crippen LogP contribution is -2.14. The molecule has 1 unspecified atom stereocenters. The van der Waals surface area contributed by atoms with Crippen LogP contribution in [0.4, 0.5) is 0 Å². The van der Waals surface area contributed by atoms with Gasteiger partial charge in [-0.05, 0) is 36.1 Å². The Balaban J connectivity index is 0.00000235. The van der Waals surface area contributed by atoms with Gasteiger partial charge in [-0.1, -0.05) is 58.0 Å². The molecule has 0 bridgehead atoms. The third-order valence-corrected chi connectivity index (χ3v) is 7.56. The molecule has 2 heterocycles. The summed E-state index contributed by atoms with van der Waals surface area (Å²) in [6, 6.07) is 7.68. The van der Waals surface area contributed by atoms with Crippen LogP contribution in [0.5, 0.6) is 0 Å². The lowest BCUT2D eigenvalue weighted by atomic mass is 9.94. The van der Waals surface area contributed by atoms with Gasteiger partial charge in [0.15, 0.2) is 0 Å². The van der Waals surface area contributed by atoms with Crippen molar-refractivity contribution in [2.24, 2.45) is 16.5 Å². The van der Waals surface area contributed by atoms with E-state index in [0.717, 1.165) is 22.4 Å². The van der Waals surface area contributed by atoms with Crippen LogP contribution in [0, 0.1) is 11.3 Å². The molecule has 2 aromatic heterocycles. The maximum absolute atomic E-state index is 12.3. The molecule has 194 valence electrons. The van der Waals surface area contributed by atoms with Crippen molar-refractivity contribution in [3.63, 3.8) is 0 Å². The van der Waals surface area contributed by atoms with Gasteiger partial charge in [-0.3, -0.25) is 9.79 Å². The normalized spacial score (nSPS) is 13.1. The topological polar surface area (TPSA) is 134 Å². The van der Waals surface area contributed by atoms with E-state index < -0.39 is 0 Å². The van der Waals surface area contributed by atoms with Crippen LogP contribution in [-0.2, 0) is 6.54 Å². The number of rotatable bonds is 8. The molecule has 1 atom stereocenters. The number of hydrogen-bond acceptors (Lipinski definition) is 7. The third-order valence-electron chi connectivity index (χ3n) is 5.86. The van der Waals surface area contributed by atoms with Gasteiger partial charge in [0.1, 0.15) is 6.07 Å². The highest BCUT2D eigenvalue weighted by Crippen LogP contribution is 2.39. The number of halogens is 1. The summed E-state index contributed by atoms with van der Waals surface area (Å²) in [6.45, 7) is 12.1. The van der Waals surface area contributed by atoms with Gasteiger partial charge in [-0.25, -0.2) is 5.10 Å². The molecular weight excluding hydrogens is 504 g/mol. The zero-order valence-electron chi connectivity index (χ0n) is 21.9.